The third-order valence-corrected chi connectivity index (χ3v) is 6.22. The van der Waals surface area contributed by atoms with Crippen LogP contribution in [0.5, 0.6) is 5.75 Å². The fourth-order valence-electron chi connectivity index (χ4n) is 3.58. The molecule has 0 saturated carbocycles. The zero-order valence-corrected chi connectivity index (χ0v) is 21.5. The van der Waals surface area contributed by atoms with E-state index in [0.717, 1.165) is 25.9 Å². The molecule has 0 radical (unpaired) electrons. The second-order valence-corrected chi connectivity index (χ2v) is 9.25. The maximum atomic E-state index is 13.0. The summed E-state index contributed by atoms with van der Waals surface area (Å²) in [7, 11) is 0. The SMILES string of the molecule is CC(=N/C=C(\C)C(=O)Nc1cc(C(F)(F)F)c(O)cn1)C(C)NC(=O)c1cc(N2CCC(C)CC2)ncn1. The summed E-state index contributed by atoms with van der Waals surface area (Å²) in [6.07, 6.45) is 0.515. The van der Waals surface area contributed by atoms with Gasteiger partial charge in [-0.1, -0.05) is 6.92 Å². The molecule has 2 aromatic rings. The molecule has 2 aromatic heterocycles. The third-order valence-electron chi connectivity index (χ3n) is 6.22. The largest absolute Gasteiger partial charge is 0.506 e. The number of hydrogen-bond donors (Lipinski definition) is 3. The summed E-state index contributed by atoms with van der Waals surface area (Å²) < 4.78 is 38.9. The maximum absolute atomic E-state index is 13.0. The number of pyridine rings is 1. The van der Waals surface area contributed by atoms with Crippen LogP contribution in [-0.2, 0) is 11.0 Å². The van der Waals surface area contributed by atoms with Crippen molar-refractivity contribution < 1.29 is 27.9 Å². The second-order valence-electron chi connectivity index (χ2n) is 9.25. The highest BCUT2D eigenvalue weighted by Crippen LogP contribution is 2.36. The summed E-state index contributed by atoms with van der Waals surface area (Å²) in [6.45, 7) is 8.74. The molecular weight excluding hydrogens is 503 g/mol. The van der Waals surface area contributed by atoms with Crippen LogP contribution < -0.4 is 15.5 Å². The van der Waals surface area contributed by atoms with E-state index in [9.17, 15) is 27.9 Å². The van der Waals surface area contributed by atoms with Crippen LogP contribution in [0.3, 0.4) is 0 Å². The number of nitrogens with one attached hydrogen (secondary N) is 2. The quantitative estimate of drug-likeness (QED) is 0.363. The van der Waals surface area contributed by atoms with Crippen LogP contribution in [-0.4, -0.2) is 56.7 Å². The van der Waals surface area contributed by atoms with Crippen LogP contribution in [0.2, 0.25) is 0 Å². The van der Waals surface area contributed by atoms with Gasteiger partial charge in [0.1, 0.15) is 35.0 Å². The number of piperidine rings is 1. The highest BCUT2D eigenvalue weighted by Gasteiger charge is 2.34. The fraction of sp³-hybridized carbons (Fsp3) is 0.440. The average Bonchev–Trinajstić information content (AvgIpc) is 2.87. The number of anilines is 2. The molecule has 1 atom stereocenters. The van der Waals surface area contributed by atoms with E-state index in [1.807, 2.05) is 0 Å². The Balaban J connectivity index is 1.61. The number of hydrogen-bond acceptors (Lipinski definition) is 8. The van der Waals surface area contributed by atoms with E-state index < -0.39 is 35.3 Å². The number of halogens is 3. The van der Waals surface area contributed by atoms with Gasteiger partial charge >= 0.3 is 6.18 Å². The lowest BCUT2D eigenvalue weighted by Crippen LogP contribution is -2.38. The standard InChI is InChI=1S/C25H30F3N7O3/c1-14-5-7-35(8-6-14)22-10-19(31-13-32-22)24(38)33-17(4)16(3)29-11-15(2)23(37)34-21-9-18(25(26,27)28)20(36)12-30-21/h9-14,17,36H,5-8H2,1-4H3,(H,33,38)(H,30,34,37)/b15-11+,29-16?. The number of nitrogens with zero attached hydrogens (tertiary/aromatic N) is 5. The van der Waals surface area contributed by atoms with Crippen molar-refractivity contribution in [1.29, 1.82) is 0 Å². The molecule has 0 spiro atoms. The smallest absolute Gasteiger partial charge is 0.420 e. The van der Waals surface area contributed by atoms with E-state index in [-0.39, 0.29) is 17.1 Å². The molecule has 204 valence electrons. The van der Waals surface area contributed by atoms with Crippen molar-refractivity contribution in [3.8, 4) is 5.75 Å². The molecule has 1 unspecified atom stereocenters. The van der Waals surface area contributed by atoms with Crippen molar-refractivity contribution in [1.82, 2.24) is 20.3 Å². The average molecular weight is 534 g/mol. The van der Waals surface area contributed by atoms with E-state index in [4.69, 9.17) is 0 Å². The van der Waals surface area contributed by atoms with Gasteiger partial charge in [0.05, 0.1) is 12.2 Å². The molecule has 2 amide bonds. The topological polar surface area (TPSA) is 133 Å². The van der Waals surface area contributed by atoms with Crippen molar-refractivity contribution in [2.24, 2.45) is 10.9 Å². The van der Waals surface area contributed by atoms with E-state index in [2.05, 4.69) is 42.4 Å². The lowest BCUT2D eigenvalue weighted by Gasteiger charge is -2.31. The highest BCUT2D eigenvalue weighted by atomic mass is 19.4. The predicted octanol–water partition coefficient (Wildman–Crippen LogP) is 3.95. The van der Waals surface area contributed by atoms with Gasteiger partial charge in [-0.2, -0.15) is 13.2 Å². The molecule has 1 saturated heterocycles. The Morgan fingerprint density at radius 2 is 1.87 bits per heavy atom. The van der Waals surface area contributed by atoms with E-state index in [1.54, 1.807) is 19.9 Å². The molecule has 1 aliphatic heterocycles. The zero-order valence-electron chi connectivity index (χ0n) is 21.5. The Hall–Kier alpha value is -4.03. The molecule has 3 heterocycles. The maximum Gasteiger partial charge on any atom is 0.420 e. The summed E-state index contributed by atoms with van der Waals surface area (Å²) in [6, 6.07) is 1.69. The molecule has 0 aliphatic carbocycles. The molecule has 0 bridgehead atoms. The van der Waals surface area contributed by atoms with E-state index >= 15 is 0 Å². The number of amides is 2. The Bertz CT molecular complexity index is 1240. The first-order chi connectivity index (χ1) is 17.8. The number of rotatable bonds is 7. The van der Waals surface area contributed by atoms with E-state index in [1.165, 1.54) is 19.5 Å². The first-order valence-corrected chi connectivity index (χ1v) is 12.0. The van der Waals surface area contributed by atoms with Gasteiger partial charge in [-0.3, -0.25) is 14.6 Å². The summed E-state index contributed by atoms with van der Waals surface area (Å²) in [5, 5.41) is 14.4. The Kier molecular flexibility index (Phi) is 9.02. The number of aromatic hydroxyl groups is 1. The normalized spacial score (nSPS) is 16.2. The van der Waals surface area contributed by atoms with Gasteiger partial charge in [0.15, 0.2) is 0 Å². The molecule has 38 heavy (non-hydrogen) atoms. The monoisotopic (exact) mass is 533 g/mol. The van der Waals surface area contributed by atoms with E-state index in [0.29, 0.717) is 29.7 Å². The molecule has 1 aliphatic rings. The first-order valence-electron chi connectivity index (χ1n) is 12.0. The minimum atomic E-state index is -4.81. The number of aliphatic imine (C=N–C) groups is 1. The van der Waals surface area contributed by atoms with Crippen LogP contribution in [0.25, 0.3) is 0 Å². The van der Waals surface area contributed by atoms with Gasteiger partial charge in [-0.15, -0.1) is 0 Å². The van der Waals surface area contributed by atoms with Crippen LogP contribution in [0.1, 0.15) is 56.6 Å². The summed E-state index contributed by atoms with van der Waals surface area (Å²) in [5.74, 6) is -1.20. The zero-order chi connectivity index (χ0) is 28.0. The van der Waals surface area contributed by atoms with Crippen LogP contribution in [0, 0.1) is 5.92 Å². The molecule has 0 aromatic carbocycles. The minimum absolute atomic E-state index is 0.0857. The number of carbonyl (C=O) groups is 2. The Morgan fingerprint density at radius 3 is 2.53 bits per heavy atom. The van der Waals surface area contributed by atoms with Gasteiger partial charge in [-0.25, -0.2) is 15.0 Å². The molecular formula is C25H30F3N7O3. The van der Waals surface area contributed by atoms with Crippen molar-refractivity contribution in [3.63, 3.8) is 0 Å². The summed E-state index contributed by atoms with van der Waals surface area (Å²) in [4.78, 5) is 43.4. The van der Waals surface area contributed by atoms with Gasteiger partial charge in [0.2, 0.25) is 0 Å². The Morgan fingerprint density at radius 1 is 1.18 bits per heavy atom. The first kappa shape index (κ1) is 28.5. The minimum Gasteiger partial charge on any atom is -0.506 e. The van der Waals surface area contributed by atoms with Crippen LogP contribution >= 0.6 is 0 Å². The molecule has 13 heteroatoms. The van der Waals surface area contributed by atoms with Crippen molar-refractivity contribution in [3.05, 3.63) is 47.7 Å². The predicted molar refractivity (Wildman–Crippen MR) is 136 cm³/mol. The number of aromatic nitrogens is 3. The van der Waals surface area contributed by atoms with Gasteiger partial charge in [-0.05, 0) is 45.6 Å². The van der Waals surface area contributed by atoms with Crippen molar-refractivity contribution >= 4 is 29.2 Å². The lowest BCUT2D eigenvalue weighted by molar-refractivity contribution is -0.138. The number of alkyl halides is 3. The third kappa shape index (κ3) is 7.49. The Labute approximate surface area is 218 Å². The van der Waals surface area contributed by atoms with Gasteiger partial charge in [0, 0.05) is 36.6 Å². The molecule has 3 N–H and O–H groups in total. The van der Waals surface area contributed by atoms with Crippen LogP contribution in [0.4, 0.5) is 24.8 Å². The van der Waals surface area contributed by atoms with Crippen molar-refractivity contribution in [2.45, 2.75) is 52.8 Å². The van der Waals surface area contributed by atoms with Gasteiger partial charge in [0.25, 0.3) is 11.8 Å². The highest BCUT2D eigenvalue weighted by molar-refractivity contribution is 6.03. The van der Waals surface area contributed by atoms with Crippen LogP contribution in [0.15, 0.2) is 41.4 Å². The molecule has 1 fully saturated rings. The summed E-state index contributed by atoms with van der Waals surface area (Å²) in [5.41, 5.74) is -0.530. The second kappa shape index (κ2) is 12.0. The van der Waals surface area contributed by atoms with Crippen molar-refractivity contribution in [2.75, 3.05) is 23.3 Å². The molecule has 3 rings (SSSR count). The van der Waals surface area contributed by atoms with Gasteiger partial charge < -0.3 is 20.6 Å². The number of carbonyl (C=O) groups excluding carboxylic acids is 2. The summed E-state index contributed by atoms with van der Waals surface area (Å²) >= 11 is 0. The molecule has 10 nitrogen and oxygen atoms in total. The fourth-order valence-corrected chi connectivity index (χ4v) is 3.58. The lowest BCUT2D eigenvalue weighted by atomic mass is 9.99.